The maximum atomic E-state index is 14.2. The Hall–Kier alpha value is -1.41. The number of hydrogen-bond donors (Lipinski definition) is 0. The molecular weight excluding hydrogens is 242 g/mol. The number of rotatable bonds is 2. The smallest absolute Gasteiger partial charge is 0.196 e. The van der Waals surface area contributed by atoms with Gasteiger partial charge in [0.15, 0.2) is 0 Å². The monoisotopic (exact) mass is 252 g/mol. The zero-order valence-corrected chi connectivity index (χ0v) is 9.74. The van der Waals surface area contributed by atoms with Crippen molar-refractivity contribution < 1.29 is 8.78 Å². The van der Waals surface area contributed by atoms with Crippen LogP contribution in [0, 0.1) is 0 Å². The van der Waals surface area contributed by atoms with E-state index in [0.717, 1.165) is 0 Å². The van der Waals surface area contributed by atoms with E-state index in [9.17, 15) is 8.78 Å². The van der Waals surface area contributed by atoms with Gasteiger partial charge in [0.05, 0.1) is 5.38 Å². The molecule has 0 bridgehead atoms. The standard InChI is InChI=1S/C14H11ClF2/c15-13-8-4-7-12(9-10-13)14(16,17)11-5-2-1-3-6-11/h1-10,13H. The fourth-order valence-corrected chi connectivity index (χ4v) is 1.76. The van der Waals surface area contributed by atoms with Crippen LogP contribution in [0.25, 0.3) is 0 Å². The highest BCUT2D eigenvalue weighted by molar-refractivity contribution is 6.23. The van der Waals surface area contributed by atoms with Gasteiger partial charge in [-0.1, -0.05) is 60.7 Å². The molecule has 0 saturated heterocycles. The summed E-state index contributed by atoms with van der Waals surface area (Å²) in [6.45, 7) is 0. The Morgan fingerprint density at radius 1 is 1.06 bits per heavy atom. The first-order valence-corrected chi connectivity index (χ1v) is 5.69. The van der Waals surface area contributed by atoms with E-state index in [2.05, 4.69) is 0 Å². The molecule has 2 rings (SSSR count). The summed E-state index contributed by atoms with van der Waals surface area (Å²) < 4.78 is 28.3. The molecule has 1 aromatic rings. The predicted molar refractivity (Wildman–Crippen MR) is 66.3 cm³/mol. The minimum Gasteiger partial charge on any atom is -0.196 e. The topological polar surface area (TPSA) is 0 Å². The van der Waals surface area contributed by atoms with Crippen LogP contribution in [0.4, 0.5) is 8.78 Å². The van der Waals surface area contributed by atoms with Crippen molar-refractivity contribution in [2.45, 2.75) is 11.3 Å². The normalized spacial score (nSPS) is 19.9. The van der Waals surface area contributed by atoms with Crippen molar-refractivity contribution >= 4 is 11.6 Å². The second-order valence-corrected chi connectivity index (χ2v) is 4.25. The van der Waals surface area contributed by atoms with Gasteiger partial charge in [-0.25, -0.2) is 0 Å². The van der Waals surface area contributed by atoms with E-state index in [0.29, 0.717) is 0 Å². The highest BCUT2D eigenvalue weighted by Crippen LogP contribution is 2.37. The Kier molecular flexibility index (Phi) is 3.43. The molecular formula is C14H11ClF2. The predicted octanol–water partition coefficient (Wildman–Crippen LogP) is 4.44. The van der Waals surface area contributed by atoms with Crippen LogP contribution < -0.4 is 0 Å². The van der Waals surface area contributed by atoms with Crippen molar-refractivity contribution in [3.63, 3.8) is 0 Å². The van der Waals surface area contributed by atoms with Crippen LogP contribution in [0.15, 0.2) is 66.3 Å². The van der Waals surface area contributed by atoms with Gasteiger partial charge < -0.3 is 0 Å². The first-order valence-electron chi connectivity index (χ1n) is 5.25. The Bertz CT molecular complexity index is 472. The van der Waals surface area contributed by atoms with Crippen LogP contribution in [-0.4, -0.2) is 5.38 Å². The van der Waals surface area contributed by atoms with Gasteiger partial charge >= 0.3 is 0 Å². The van der Waals surface area contributed by atoms with Gasteiger partial charge in [0.2, 0.25) is 0 Å². The number of hydrogen-bond acceptors (Lipinski definition) is 0. The van der Waals surface area contributed by atoms with E-state index in [-0.39, 0.29) is 16.5 Å². The molecule has 1 aliphatic rings. The lowest BCUT2D eigenvalue weighted by molar-refractivity contribution is 0.0420. The average molecular weight is 253 g/mol. The molecule has 1 aliphatic carbocycles. The number of alkyl halides is 3. The summed E-state index contributed by atoms with van der Waals surface area (Å²) in [6, 6.07) is 7.75. The van der Waals surface area contributed by atoms with Crippen LogP contribution in [0.2, 0.25) is 0 Å². The molecule has 1 atom stereocenters. The van der Waals surface area contributed by atoms with Crippen LogP contribution in [-0.2, 0) is 5.92 Å². The van der Waals surface area contributed by atoms with Crippen molar-refractivity contribution in [1.29, 1.82) is 0 Å². The number of allylic oxidation sites excluding steroid dienone is 6. The Morgan fingerprint density at radius 3 is 2.47 bits per heavy atom. The van der Waals surface area contributed by atoms with Crippen LogP contribution in [0.5, 0.6) is 0 Å². The fourth-order valence-electron chi connectivity index (χ4n) is 1.60. The fraction of sp³-hybridized carbons (Fsp3) is 0.143. The molecule has 3 heteroatoms. The zero-order chi connectivity index (χ0) is 12.3. The van der Waals surface area contributed by atoms with E-state index < -0.39 is 5.92 Å². The van der Waals surface area contributed by atoms with E-state index in [4.69, 9.17) is 11.6 Å². The Balaban J connectivity index is 2.37. The highest BCUT2D eigenvalue weighted by Gasteiger charge is 2.34. The second-order valence-electron chi connectivity index (χ2n) is 3.75. The Morgan fingerprint density at radius 2 is 1.76 bits per heavy atom. The van der Waals surface area contributed by atoms with Gasteiger partial charge in [-0.05, 0) is 0 Å². The summed E-state index contributed by atoms with van der Waals surface area (Å²) in [4.78, 5) is 0. The molecule has 0 heterocycles. The summed E-state index contributed by atoms with van der Waals surface area (Å²) >= 11 is 5.83. The van der Waals surface area contributed by atoms with Gasteiger partial charge in [0, 0.05) is 11.1 Å². The van der Waals surface area contributed by atoms with Gasteiger partial charge in [-0.15, -0.1) is 11.6 Å². The van der Waals surface area contributed by atoms with Gasteiger partial charge in [-0.3, -0.25) is 0 Å². The molecule has 17 heavy (non-hydrogen) atoms. The summed E-state index contributed by atoms with van der Waals surface area (Å²) in [7, 11) is 0. The molecule has 0 fully saturated rings. The molecule has 0 saturated carbocycles. The largest absolute Gasteiger partial charge is 0.298 e. The van der Waals surface area contributed by atoms with Crippen molar-refractivity contribution in [3.8, 4) is 0 Å². The SMILES string of the molecule is FC(F)(C1=CC=CC(Cl)C=C1)c1ccccc1. The summed E-state index contributed by atoms with van der Waals surface area (Å²) in [6.07, 6.45) is 7.54. The van der Waals surface area contributed by atoms with Crippen molar-refractivity contribution in [2.24, 2.45) is 0 Å². The lowest BCUT2D eigenvalue weighted by atomic mass is 10.00. The summed E-state index contributed by atoms with van der Waals surface area (Å²) in [5, 5.41) is -0.338. The molecule has 0 amide bonds. The molecule has 1 unspecified atom stereocenters. The lowest BCUT2D eigenvalue weighted by Gasteiger charge is -2.17. The molecule has 0 N–H and O–H groups in total. The maximum Gasteiger partial charge on any atom is 0.298 e. The van der Waals surface area contributed by atoms with E-state index in [1.165, 1.54) is 24.3 Å². The average Bonchev–Trinajstić information content (AvgIpc) is 2.55. The molecule has 0 spiro atoms. The van der Waals surface area contributed by atoms with Gasteiger partial charge in [0.1, 0.15) is 0 Å². The first-order chi connectivity index (χ1) is 8.10. The molecule has 0 nitrogen and oxygen atoms in total. The molecule has 0 radical (unpaired) electrons. The molecule has 0 aliphatic heterocycles. The summed E-state index contributed by atoms with van der Waals surface area (Å²) in [5.74, 6) is -3.00. The Labute approximate surface area is 104 Å². The third-order valence-corrected chi connectivity index (χ3v) is 2.82. The third-order valence-electron chi connectivity index (χ3n) is 2.53. The molecule has 0 aromatic heterocycles. The van der Waals surface area contributed by atoms with Gasteiger partial charge in [0.25, 0.3) is 5.92 Å². The molecule has 88 valence electrons. The minimum atomic E-state index is -3.00. The van der Waals surface area contributed by atoms with Crippen LogP contribution in [0.1, 0.15) is 5.56 Å². The molecule has 1 aromatic carbocycles. The van der Waals surface area contributed by atoms with Crippen molar-refractivity contribution in [2.75, 3.05) is 0 Å². The quantitative estimate of drug-likeness (QED) is 0.683. The lowest BCUT2D eigenvalue weighted by Crippen LogP contribution is -2.15. The highest BCUT2D eigenvalue weighted by atomic mass is 35.5. The zero-order valence-electron chi connectivity index (χ0n) is 8.98. The maximum absolute atomic E-state index is 14.2. The second kappa shape index (κ2) is 4.84. The number of benzene rings is 1. The van der Waals surface area contributed by atoms with Crippen molar-refractivity contribution in [1.82, 2.24) is 0 Å². The van der Waals surface area contributed by atoms with E-state index in [1.54, 1.807) is 36.4 Å². The minimum absolute atomic E-state index is 0.0164. The van der Waals surface area contributed by atoms with E-state index in [1.807, 2.05) is 0 Å². The van der Waals surface area contributed by atoms with Crippen LogP contribution >= 0.6 is 11.6 Å². The summed E-state index contributed by atoms with van der Waals surface area (Å²) in [5.41, 5.74) is -0.0691. The third kappa shape index (κ3) is 2.64. The first kappa shape index (κ1) is 12.1. The van der Waals surface area contributed by atoms with Gasteiger partial charge in [-0.2, -0.15) is 8.78 Å². The van der Waals surface area contributed by atoms with E-state index >= 15 is 0 Å². The number of halogens is 3. The van der Waals surface area contributed by atoms with Crippen LogP contribution in [0.3, 0.4) is 0 Å². The van der Waals surface area contributed by atoms with Crippen molar-refractivity contribution in [3.05, 3.63) is 71.8 Å².